The predicted molar refractivity (Wildman–Crippen MR) is 77.8 cm³/mol. The number of carbonyl (C=O) groups is 1. The molecule has 2 heteroatoms. The summed E-state index contributed by atoms with van der Waals surface area (Å²) in [4.78, 5) is 11.2. The van der Waals surface area contributed by atoms with Crippen molar-refractivity contribution in [3.05, 3.63) is 0 Å². The monoisotopic (exact) mass is 266 g/mol. The summed E-state index contributed by atoms with van der Waals surface area (Å²) in [7, 11) is 0. The van der Waals surface area contributed by atoms with Crippen LogP contribution in [0.2, 0.25) is 0 Å². The Hall–Kier alpha value is -0.530. The molecule has 2 saturated carbocycles. The zero-order valence-electron chi connectivity index (χ0n) is 13.3. The van der Waals surface area contributed by atoms with Gasteiger partial charge in [0.05, 0.1) is 0 Å². The zero-order valence-corrected chi connectivity index (χ0v) is 13.3. The van der Waals surface area contributed by atoms with Crippen LogP contribution in [0.3, 0.4) is 0 Å². The highest BCUT2D eigenvalue weighted by molar-refractivity contribution is 5.66. The fourth-order valence-electron chi connectivity index (χ4n) is 4.51. The second-order valence-corrected chi connectivity index (χ2v) is 7.90. The number of hydrogen-bond acceptors (Lipinski definition) is 2. The van der Waals surface area contributed by atoms with Gasteiger partial charge in [0.2, 0.25) is 0 Å². The molecular weight excluding hydrogens is 236 g/mol. The maximum absolute atomic E-state index is 11.2. The minimum atomic E-state index is -0.140. The summed E-state index contributed by atoms with van der Waals surface area (Å²) < 4.78 is 5.50. The van der Waals surface area contributed by atoms with E-state index in [-0.39, 0.29) is 17.5 Å². The molecule has 0 aromatic carbocycles. The van der Waals surface area contributed by atoms with Crippen LogP contribution in [0.1, 0.15) is 73.1 Å². The summed E-state index contributed by atoms with van der Waals surface area (Å²) in [6.07, 6.45) is 7.94. The Balaban J connectivity index is 2.11. The molecule has 0 bridgehead atoms. The van der Waals surface area contributed by atoms with Crippen LogP contribution in [0, 0.1) is 22.7 Å². The second-order valence-electron chi connectivity index (χ2n) is 7.90. The van der Waals surface area contributed by atoms with Crippen LogP contribution in [0.4, 0.5) is 0 Å². The summed E-state index contributed by atoms with van der Waals surface area (Å²) in [5.41, 5.74) is 0.627. The normalized spacial score (nSPS) is 39.2. The van der Waals surface area contributed by atoms with Crippen LogP contribution in [0.25, 0.3) is 0 Å². The number of carbonyl (C=O) groups excluding carboxylic acids is 1. The molecular formula is C17H30O2. The molecule has 2 rings (SSSR count). The first-order valence-corrected chi connectivity index (χ1v) is 7.92. The van der Waals surface area contributed by atoms with Crippen molar-refractivity contribution in [2.45, 2.75) is 79.2 Å². The van der Waals surface area contributed by atoms with Gasteiger partial charge in [-0.25, -0.2) is 0 Å². The van der Waals surface area contributed by atoms with Gasteiger partial charge in [-0.15, -0.1) is 0 Å². The molecule has 110 valence electrons. The molecule has 0 radical (unpaired) electrons. The third-order valence-electron chi connectivity index (χ3n) is 6.07. The van der Waals surface area contributed by atoms with E-state index in [4.69, 9.17) is 4.74 Å². The molecule has 2 aliphatic rings. The first kappa shape index (κ1) is 14.9. The van der Waals surface area contributed by atoms with Crippen molar-refractivity contribution in [2.75, 3.05) is 0 Å². The van der Waals surface area contributed by atoms with E-state index in [1.54, 1.807) is 0 Å². The largest absolute Gasteiger partial charge is 0.462 e. The maximum Gasteiger partial charge on any atom is 0.302 e. The molecule has 0 spiro atoms. The van der Waals surface area contributed by atoms with Crippen molar-refractivity contribution in [3.8, 4) is 0 Å². The van der Waals surface area contributed by atoms with E-state index in [1.165, 1.54) is 45.4 Å². The number of ether oxygens (including phenoxy) is 1. The van der Waals surface area contributed by atoms with Gasteiger partial charge in [0.1, 0.15) is 6.10 Å². The Morgan fingerprint density at radius 2 is 1.89 bits per heavy atom. The fourth-order valence-corrected chi connectivity index (χ4v) is 4.51. The third-order valence-corrected chi connectivity index (χ3v) is 6.07. The van der Waals surface area contributed by atoms with Gasteiger partial charge in [-0.1, -0.05) is 33.6 Å². The second kappa shape index (κ2) is 5.10. The minimum absolute atomic E-state index is 0.0451. The lowest BCUT2D eigenvalue weighted by atomic mass is 9.53. The number of rotatable bonds is 2. The summed E-state index contributed by atoms with van der Waals surface area (Å²) >= 11 is 0. The SMILES string of the molecule is CC(=O)O[C@H](C)[C@]1(C)CC[C@@H]2CCCC(C)(C)[C@@H]2C1. The summed E-state index contributed by atoms with van der Waals surface area (Å²) in [5, 5.41) is 0. The number of fused-ring (bicyclic) bond motifs is 1. The van der Waals surface area contributed by atoms with Crippen molar-refractivity contribution in [3.63, 3.8) is 0 Å². The van der Waals surface area contributed by atoms with E-state index in [1.807, 2.05) is 0 Å². The van der Waals surface area contributed by atoms with Crippen LogP contribution in [0.5, 0.6) is 0 Å². The Kier molecular flexibility index (Phi) is 3.99. The van der Waals surface area contributed by atoms with Crippen molar-refractivity contribution in [1.82, 2.24) is 0 Å². The van der Waals surface area contributed by atoms with Crippen molar-refractivity contribution < 1.29 is 9.53 Å². The Morgan fingerprint density at radius 3 is 2.53 bits per heavy atom. The van der Waals surface area contributed by atoms with Crippen molar-refractivity contribution >= 4 is 5.97 Å². The lowest BCUT2D eigenvalue weighted by Gasteiger charge is -2.53. The molecule has 4 atom stereocenters. The van der Waals surface area contributed by atoms with Crippen LogP contribution in [-0.4, -0.2) is 12.1 Å². The third kappa shape index (κ3) is 2.98. The Labute approximate surface area is 118 Å². The summed E-state index contributed by atoms with van der Waals surface area (Å²) in [5.74, 6) is 1.57. The van der Waals surface area contributed by atoms with Gasteiger partial charge in [-0.2, -0.15) is 0 Å². The lowest BCUT2D eigenvalue weighted by molar-refractivity contribution is -0.156. The Bertz CT molecular complexity index is 347. The highest BCUT2D eigenvalue weighted by atomic mass is 16.5. The average Bonchev–Trinajstić information content (AvgIpc) is 2.29. The highest BCUT2D eigenvalue weighted by Gasteiger charge is 2.48. The van der Waals surface area contributed by atoms with E-state index >= 15 is 0 Å². The number of esters is 1. The molecule has 0 amide bonds. The Morgan fingerprint density at radius 1 is 1.21 bits per heavy atom. The van der Waals surface area contributed by atoms with Crippen LogP contribution in [0.15, 0.2) is 0 Å². The van der Waals surface area contributed by atoms with E-state index in [0.717, 1.165) is 11.8 Å². The summed E-state index contributed by atoms with van der Waals surface area (Å²) in [6, 6.07) is 0. The average molecular weight is 266 g/mol. The zero-order chi connectivity index (χ0) is 14.3. The predicted octanol–water partition coefficient (Wildman–Crippen LogP) is 4.57. The van der Waals surface area contributed by atoms with E-state index in [9.17, 15) is 4.79 Å². The minimum Gasteiger partial charge on any atom is -0.462 e. The van der Waals surface area contributed by atoms with Crippen molar-refractivity contribution in [1.29, 1.82) is 0 Å². The first-order chi connectivity index (χ1) is 8.74. The van der Waals surface area contributed by atoms with Gasteiger partial charge in [-0.3, -0.25) is 4.79 Å². The lowest BCUT2D eigenvalue weighted by Crippen LogP contribution is -2.46. The quantitative estimate of drug-likeness (QED) is 0.684. The molecule has 2 fully saturated rings. The fraction of sp³-hybridized carbons (Fsp3) is 0.941. The molecule has 0 saturated heterocycles. The molecule has 0 aromatic rings. The molecule has 0 aromatic heterocycles. The van der Waals surface area contributed by atoms with Gasteiger partial charge in [0, 0.05) is 12.3 Å². The van der Waals surface area contributed by atoms with Crippen LogP contribution in [-0.2, 0) is 9.53 Å². The van der Waals surface area contributed by atoms with Crippen molar-refractivity contribution in [2.24, 2.45) is 22.7 Å². The van der Waals surface area contributed by atoms with Gasteiger partial charge in [-0.05, 0) is 49.9 Å². The molecule has 0 heterocycles. The standard InChI is InChI=1S/C17H30O2/c1-12(19-13(2)18)17(5)10-8-14-7-6-9-16(3,4)15(14)11-17/h12,14-15H,6-11H2,1-5H3/t12-,14+,15-,17-/m1/s1. The van der Waals surface area contributed by atoms with Gasteiger partial charge in [0.25, 0.3) is 0 Å². The van der Waals surface area contributed by atoms with Gasteiger partial charge < -0.3 is 4.74 Å². The van der Waals surface area contributed by atoms with Gasteiger partial charge >= 0.3 is 5.97 Å². The van der Waals surface area contributed by atoms with E-state index < -0.39 is 0 Å². The molecule has 0 aliphatic heterocycles. The molecule has 0 N–H and O–H groups in total. The topological polar surface area (TPSA) is 26.3 Å². The smallest absolute Gasteiger partial charge is 0.302 e. The van der Waals surface area contributed by atoms with Crippen LogP contribution >= 0.6 is 0 Å². The highest BCUT2D eigenvalue weighted by Crippen LogP contribution is 2.56. The maximum atomic E-state index is 11.2. The molecule has 19 heavy (non-hydrogen) atoms. The van der Waals surface area contributed by atoms with E-state index in [2.05, 4.69) is 27.7 Å². The summed E-state index contributed by atoms with van der Waals surface area (Å²) in [6.45, 7) is 10.8. The van der Waals surface area contributed by atoms with Crippen LogP contribution < -0.4 is 0 Å². The molecule has 2 aliphatic carbocycles. The van der Waals surface area contributed by atoms with E-state index in [0.29, 0.717) is 5.41 Å². The first-order valence-electron chi connectivity index (χ1n) is 7.92. The number of hydrogen-bond donors (Lipinski definition) is 0. The molecule has 2 nitrogen and oxygen atoms in total. The molecule has 0 unspecified atom stereocenters. The van der Waals surface area contributed by atoms with Gasteiger partial charge in [0.15, 0.2) is 0 Å².